The number of hydrogen-bond acceptors (Lipinski definition) is 5. The number of aliphatic imine (C=N–C) groups is 1. The highest BCUT2D eigenvalue weighted by Crippen LogP contribution is 2.39. The Morgan fingerprint density at radius 1 is 0.927 bits per heavy atom. The number of rotatable bonds is 6. The zero-order valence-corrected chi connectivity index (χ0v) is 22.4. The number of nitriles is 2. The molecule has 1 saturated carbocycles. The van der Waals surface area contributed by atoms with Crippen LogP contribution in [0.2, 0.25) is 0 Å². The average molecular weight is 532 g/mol. The van der Waals surface area contributed by atoms with Crippen LogP contribution in [0.25, 0.3) is 21.9 Å². The second kappa shape index (κ2) is 10.9. The van der Waals surface area contributed by atoms with E-state index in [4.69, 9.17) is 10.3 Å². The van der Waals surface area contributed by atoms with Crippen LogP contribution in [0, 0.1) is 41.4 Å². The van der Waals surface area contributed by atoms with Crippen molar-refractivity contribution < 1.29 is 4.79 Å². The molecule has 1 heterocycles. The number of anilines is 1. The Bertz CT molecular complexity index is 1860. The highest BCUT2D eigenvalue weighted by Gasteiger charge is 2.43. The number of aromatic nitrogens is 1. The summed E-state index contributed by atoms with van der Waals surface area (Å²) in [6, 6.07) is 36.1. The summed E-state index contributed by atoms with van der Waals surface area (Å²) in [5, 5.41) is 23.1. The molecule has 1 amide bonds. The quantitative estimate of drug-likeness (QED) is 0.231. The van der Waals surface area contributed by atoms with Crippen LogP contribution >= 0.6 is 0 Å². The first-order valence-corrected chi connectivity index (χ1v) is 13.4. The summed E-state index contributed by atoms with van der Waals surface area (Å²) in [5.41, 5.74) is 7.04. The standard InChI is InChI=1S/C35H25N5O/c1-22-14-23(19-36)12-13-29(22)26-15-27-18-33(40-35(41)30-16-28(30)20-37)38-21-31(27)32(17-26)39-34(24-8-4-2-5-9-24)25-10-6-3-7-11-25/h2-15,17-18,21,28,30H,16H2,1H3,(H,38,40,41)/t28-,30+/m1/s1. The molecule has 5 aromatic rings. The van der Waals surface area contributed by atoms with Gasteiger partial charge in [0, 0.05) is 22.7 Å². The summed E-state index contributed by atoms with van der Waals surface area (Å²) >= 11 is 0. The van der Waals surface area contributed by atoms with Gasteiger partial charge in [0.15, 0.2) is 0 Å². The maximum Gasteiger partial charge on any atom is 0.230 e. The van der Waals surface area contributed by atoms with Crippen LogP contribution in [0.3, 0.4) is 0 Å². The summed E-state index contributed by atoms with van der Waals surface area (Å²) in [5.74, 6) is -0.265. The molecule has 0 unspecified atom stereocenters. The Kier molecular flexibility index (Phi) is 6.81. The molecule has 41 heavy (non-hydrogen) atoms. The number of aryl methyl sites for hydroxylation is 1. The van der Waals surface area contributed by atoms with E-state index >= 15 is 0 Å². The molecule has 1 aliphatic carbocycles. The number of carbonyl (C=O) groups is 1. The van der Waals surface area contributed by atoms with Crippen LogP contribution in [0.15, 0.2) is 108 Å². The van der Waals surface area contributed by atoms with Crippen LogP contribution in [0.1, 0.15) is 28.7 Å². The van der Waals surface area contributed by atoms with Crippen molar-refractivity contribution in [2.75, 3.05) is 5.32 Å². The molecule has 6 nitrogen and oxygen atoms in total. The zero-order chi connectivity index (χ0) is 28.3. The lowest BCUT2D eigenvalue weighted by molar-refractivity contribution is -0.117. The molecule has 0 aliphatic heterocycles. The van der Waals surface area contributed by atoms with Gasteiger partial charge in [0.1, 0.15) is 5.82 Å². The molecule has 0 radical (unpaired) electrons. The van der Waals surface area contributed by atoms with E-state index in [2.05, 4.69) is 28.5 Å². The molecular weight excluding hydrogens is 506 g/mol. The predicted octanol–water partition coefficient (Wildman–Crippen LogP) is 7.35. The number of pyridine rings is 1. The van der Waals surface area contributed by atoms with Gasteiger partial charge in [0.2, 0.25) is 5.91 Å². The molecule has 1 aliphatic rings. The van der Waals surface area contributed by atoms with E-state index in [9.17, 15) is 10.1 Å². The first kappa shape index (κ1) is 25.7. The van der Waals surface area contributed by atoms with Crippen LogP contribution in [-0.2, 0) is 4.79 Å². The molecule has 4 aromatic carbocycles. The van der Waals surface area contributed by atoms with Gasteiger partial charge in [-0.05, 0) is 65.8 Å². The van der Waals surface area contributed by atoms with Crippen LogP contribution < -0.4 is 5.32 Å². The molecule has 2 atom stereocenters. The Hall–Kier alpha value is -5.59. The Balaban J connectivity index is 1.53. The molecule has 1 fully saturated rings. The number of nitrogens with one attached hydrogen (secondary N) is 1. The van der Waals surface area contributed by atoms with Gasteiger partial charge >= 0.3 is 0 Å². The summed E-state index contributed by atoms with van der Waals surface area (Å²) in [7, 11) is 0. The van der Waals surface area contributed by atoms with Crippen LogP contribution in [0.5, 0.6) is 0 Å². The van der Waals surface area contributed by atoms with E-state index in [1.807, 2.05) is 97.9 Å². The van der Waals surface area contributed by atoms with Gasteiger partial charge in [0.25, 0.3) is 0 Å². The molecule has 0 bridgehead atoms. The number of benzene rings is 4. The van der Waals surface area contributed by atoms with Gasteiger partial charge in [-0.2, -0.15) is 10.5 Å². The van der Waals surface area contributed by atoms with E-state index in [0.29, 0.717) is 17.8 Å². The van der Waals surface area contributed by atoms with E-state index in [1.165, 1.54) is 0 Å². The monoisotopic (exact) mass is 531 g/mol. The molecule has 0 spiro atoms. The number of amides is 1. The highest BCUT2D eigenvalue weighted by molar-refractivity contribution is 6.15. The second-order valence-corrected chi connectivity index (χ2v) is 10.2. The Morgan fingerprint density at radius 2 is 1.63 bits per heavy atom. The first-order valence-electron chi connectivity index (χ1n) is 13.4. The predicted molar refractivity (Wildman–Crippen MR) is 161 cm³/mol. The lowest BCUT2D eigenvalue weighted by Gasteiger charge is -2.14. The number of fused-ring (bicyclic) bond motifs is 1. The fourth-order valence-corrected chi connectivity index (χ4v) is 5.07. The topological polar surface area (TPSA) is 102 Å². The summed E-state index contributed by atoms with van der Waals surface area (Å²) < 4.78 is 0. The summed E-state index contributed by atoms with van der Waals surface area (Å²) in [6.07, 6.45) is 2.32. The minimum absolute atomic E-state index is 0.184. The smallest absolute Gasteiger partial charge is 0.230 e. The van der Waals surface area contributed by atoms with Crippen molar-refractivity contribution in [2.45, 2.75) is 13.3 Å². The lowest BCUT2D eigenvalue weighted by atomic mass is 9.95. The Labute approximate surface area is 238 Å². The maximum atomic E-state index is 12.6. The van der Waals surface area contributed by atoms with E-state index in [1.54, 1.807) is 6.20 Å². The Morgan fingerprint density at radius 3 is 2.24 bits per heavy atom. The molecule has 196 valence electrons. The fraction of sp³-hybridized carbons (Fsp3) is 0.114. The molecular formula is C35H25N5O. The van der Waals surface area contributed by atoms with Crippen molar-refractivity contribution in [1.82, 2.24) is 4.98 Å². The van der Waals surface area contributed by atoms with Gasteiger partial charge < -0.3 is 5.32 Å². The van der Waals surface area contributed by atoms with Gasteiger partial charge in [-0.25, -0.2) is 9.98 Å². The SMILES string of the molecule is Cc1cc(C#N)ccc1-c1cc(N=C(c2ccccc2)c2ccccc2)c2cnc(NC(=O)[C@H]3C[C@@H]3C#N)cc2c1. The zero-order valence-electron chi connectivity index (χ0n) is 22.4. The van der Waals surface area contributed by atoms with Crippen LogP contribution in [0.4, 0.5) is 11.5 Å². The number of nitrogens with zero attached hydrogens (tertiary/aromatic N) is 4. The third-order valence-electron chi connectivity index (χ3n) is 7.35. The van der Waals surface area contributed by atoms with E-state index < -0.39 is 0 Å². The first-order chi connectivity index (χ1) is 20.0. The van der Waals surface area contributed by atoms with Crippen molar-refractivity contribution in [3.63, 3.8) is 0 Å². The maximum absolute atomic E-state index is 12.6. The van der Waals surface area contributed by atoms with E-state index in [-0.39, 0.29) is 17.7 Å². The largest absolute Gasteiger partial charge is 0.310 e. The molecule has 1 N–H and O–H groups in total. The fourth-order valence-electron chi connectivity index (χ4n) is 5.07. The van der Waals surface area contributed by atoms with Gasteiger partial charge in [-0.1, -0.05) is 66.7 Å². The van der Waals surface area contributed by atoms with Gasteiger partial charge in [-0.15, -0.1) is 0 Å². The summed E-state index contributed by atoms with van der Waals surface area (Å²) in [6.45, 7) is 1.99. The van der Waals surface area contributed by atoms with Gasteiger partial charge in [0.05, 0.1) is 40.9 Å². The van der Waals surface area contributed by atoms with Gasteiger partial charge in [-0.3, -0.25) is 4.79 Å². The minimum atomic E-state index is -0.287. The molecule has 6 heteroatoms. The van der Waals surface area contributed by atoms with Crippen molar-refractivity contribution in [3.8, 4) is 23.3 Å². The molecule has 0 saturated heterocycles. The number of carbonyl (C=O) groups excluding carboxylic acids is 1. The number of hydrogen-bond donors (Lipinski definition) is 1. The molecule has 1 aromatic heterocycles. The van der Waals surface area contributed by atoms with E-state index in [0.717, 1.165) is 50.0 Å². The van der Waals surface area contributed by atoms with Crippen molar-refractivity contribution in [3.05, 3.63) is 126 Å². The second-order valence-electron chi connectivity index (χ2n) is 10.2. The van der Waals surface area contributed by atoms with Crippen LogP contribution in [-0.4, -0.2) is 16.6 Å². The van der Waals surface area contributed by atoms with Crippen molar-refractivity contribution in [2.24, 2.45) is 16.8 Å². The third kappa shape index (κ3) is 5.32. The average Bonchev–Trinajstić information content (AvgIpc) is 3.81. The highest BCUT2D eigenvalue weighted by atomic mass is 16.2. The summed E-state index contributed by atoms with van der Waals surface area (Å²) in [4.78, 5) is 22.4. The van der Waals surface area contributed by atoms with Crippen molar-refractivity contribution >= 4 is 33.9 Å². The van der Waals surface area contributed by atoms with Crippen molar-refractivity contribution in [1.29, 1.82) is 10.5 Å². The lowest BCUT2D eigenvalue weighted by Crippen LogP contribution is -2.15. The normalized spacial score (nSPS) is 15.4. The minimum Gasteiger partial charge on any atom is -0.310 e. The molecule has 6 rings (SSSR count). The third-order valence-corrected chi connectivity index (χ3v) is 7.35.